The lowest BCUT2D eigenvalue weighted by Crippen LogP contribution is -2.38. The van der Waals surface area contributed by atoms with Crippen molar-refractivity contribution >= 4 is 0 Å². The molecule has 0 saturated carbocycles. The van der Waals surface area contributed by atoms with E-state index >= 15 is 0 Å². The zero-order chi connectivity index (χ0) is 10.4. The Morgan fingerprint density at radius 1 is 1.43 bits per heavy atom. The Balaban J connectivity index is 2.30. The minimum absolute atomic E-state index is 0.00226. The Hall–Kier alpha value is -0.840. The second-order valence-corrected chi connectivity index (χ2v) is 3.44. The molecule has 3 N–H and O–H groups in total. The van der Waals surface area contributed by atoms with Crippen LogP contribution in [-0.4, -0.2) is 52.9 Å². The SMILES string of the molecule is CN(CCc1ccc[nH]1)C(CO)CO. The molecule has 0 fully saturated rings. The second kappa shape index (κ2) is 5.80. The van der Waals surface area contributed by atoms with Crippen LogP contribution in [0.4, 0.5) is 0 Å². The fourth-order valence-corrected chi connectivity index (χ4v) is 1.34. The molecular weight excluding hydrogens is 180 g/mol. The number of aromatic amines is 1. The van der Waals surface area contributed by atoms with Gasteiger partial charge in [-0.2, -0.15) is 0 Å². The van der Waals surface area contributed by atoms with Crippen molar-refractivity contribution in [1.29, 1.82) is 0 Å². The van der Waals surface area contributed by atoms with E-state index < -0.39 is 0 Å². The largest absolute Gasteiger partial charge is 0.395 e. The van der Waals surface area contributed by atoms with E-state index in [1.54, 1.807) is 0 Å². The van der Waals surface area contributed by atoms with Crippen LogP contribution in [-0.2, 0) is 6.42 Å². The maximum atomic E-state index is 8.94. The Kier molecular flexibility index (Phi) is 4.65. The van der Waals surface area contributed by atoms with Gasteiger partial charge in [-0.05, 0) is 19.2 Å². The molecule has 1 rings (SSSR count). The van der Waals surface area contributed by atoms with Crippen LogP contribution in [0.5, 0.6) is 0 Å². The summed E-state index contributed by atoms with van der Waals surface area (Å²) in [6, 6.07) is 3.84. The minimum Gasteiger partial charge on any atom is -0.395 e. The first kappa shape index (κ1) is 11.2. The summed E-state index contributed by atoms with van der Waals surface area (Å²) in [6.45, 7) is 0.821. The molecule has 0 aliphatic carbocycles. The Morgan fingerprint density at radius 2 is 2.14 bits per heavy atom. The van der Waals surface area contributed by atoms with E-state index in [1.165, 1.54) is 5.69 Å². The fourth-order valence-electron chi connectivity index (χ4n) is 1.34. The van der Waals surface area contributed by atoms with Crippen molar-refractivity contribution in [2.45, 2.75) is 12.5 Å². The Bertz CT molecular complexity index is 232. The summed E-state index contributed by atoms with van der Waals surface area (Å²) in [4.78, 5) is 5.07. The van der Waals surface area contributed by atoms with Crippen LogP contribution in [0.25, 0.3) is 0 Å². The molecule has 1 aromatic heterocycles. The van der Waals surface area contributed by atoms with Gasteiger partial charge in [0.05, 0.1) is 19.3 Å². The second-order valence-electron chi connectivity index (χ2n) is 3.44. The lowest BCUT2D eigenvalue weighted by molar-refractivity contribution is 0.0924. The van der Waals surface area contributed by atoms with E-state index in [-0.39, 0.29) is 19.3 Å². The molecule has 0 aliphatic rings. The Labute approximate surface area is 84.2 Å². The van der Waals surface area contributed by atoms with Crippen LogP contribution in [0.3, 0.4) is 0 Å². The third-order valence-corrected chi connectivity index (χ3v) is 2.44. The molecule has 0 aromatic carbocycles. The highest BCUT2D eigenvalue weighted by molar-refractivity contribution is 5.03. The third kappa shape index (κ3) is 3.14. The number of nitrogens with one attached hydrogen (secondary N) is 1. The molecule has 0 radical (unpaired) electrons. The van der Waals surface area contributed by atoms with E-state index in [0.29, 0.717) is 0 Å². The van der Waals surface area contributed by atoms with Crippen LogP contribution in [0.15, 0.2) is 18.3 Å². The molecule has 0 amide bonds. The fraction of sp³-hybridized carbons (Fsp3) is 0.600. The molecule has 4 nitrogen and oxygen atoms in total. The van der Waals surface area contributed by atoms with E-state index in [4.69, 9.17) is 10.2 Å². The number of hydrogen-bond donors (Lipinski definition) is 3. The summed E-state index contributed by atoms with van der Waals surface area (Å²) in [5.74, 6) is 0. The lowest BCUT2D eigenvalue weighted by Gasteiger charge is -2.24. The number of aromatic nitrogens is 1. The molecule has 0 unspecified atom stereocenters. The van der Waals surface area contributed by atoms with Gasteiger partial charge < -0.3 is 15.2 Å². The number of aliphatic hydroxyl groups excluding tert-OH is 2. The highest BCUT2D eigenvalue weighted by atomic mass is 16.3. The summed E-state index contributed by atoms with van der Waals surface area (Å²) in [5, 5.41) is 17.9. The molecule has 0 aliphatic heterocycles. The number of aliphatic hydroxyl groups is 2. The highest BCUT2D eigenvalue weighted by Crippen LogP contribution is 2.00. The van der Waals surface area contributed by atoms with Gasteiger partial charge in [0.1, 0.15) is 0 Å². The standard InChI is InChI=1S/C10H18N2O2/c1-12(10(7-13)8-14)6-4-9-3-2-5-11-9/h2-3,5,10-11,13-14H,4,6-8H2,1H3. The van der Waals surface area contributed by atoms with Gasteiger partial charge in [-0.3, -0.25) is 4.90 Å². The van der Waals surface area contributed by atoms with Crippen molar-refractivity contribution in [3.63, 3.8) is 0 Å². The number of hydrogen-bond acceptors (Lipinski definition) is 3. The van der Waals surface area contributed by atoms with Gasteiger partial charge in [-0.25, -0.2) is 0 Å². The van der Waals surface area contributed by atoms with Crippen LogP contribution in [0.1, 0.15) is 5.69 Å². The van der Waals surface area contributed by atoms with Crippen molar-refractivity contribution in [2.75, 3.05) is 26.8 Å². The van der Waals surface area contributed by atoms with Crippen LogP contribution < -0.4 is 0 Å². The zero-order valence-electron chi connectivity index (χ0n) is 8.48. The summed E-state index contributed by atoms with van der Waals surface area (Å²) < 4.78 is 0. The predicted octanol–water partition coefficient (Wildman–Crippen LogP) is -0.158. The molecule has 0 atom stereocenters. The van der Waals surface area contributed by atoms with E-state index in [9.17, 15) is 0 Å². The molecule has 14 heavy (non-hydrogen) atoms. The van der Waals surface area contributed by atoms with Crippen LogP contribution >= 0.6 is 0 Å². The molecule has 4 heteroatoms. The first-order valence-corrected chi connectivity index (χ1v) is 4.82. The van der Waals surface area contributed by atoms with Crippen LogP contribution in [0.2, 0.25) is 0 Å². The van der Waals surface area contributed by atoms with Gasteiger partial charge in [0.2, 0.25) is 0 Å². The Morgan fingerprint density at radius 3 is 2.64 bits per heavy atom. The topological polar surface area (TPSA) is 59.5 Å². The average Bonchev–Trinajstić information content (AvgIpc) is 2.69. The van der Waals surface area contributed by atoms with E-state index in [0.717, 1.165) is 13.0 Å². The number of likely N-dealkylation sites (N-methyl/N-ethyl adjacent to an activating group) is 1. The first-order chi connectivity index (χ1) is 6.77. The van der Waals surface area contributed by atoms with Crippen molar-refractivity contribution in [3.05, 3.63) is 24.0 Å². The van der Waals surface area contributed by atoms with Crippen molar-refractivity contribution < 1.29 is 10.2 Å². The number of rotatable bonds is 6. The zero-order valence-corrected chi connectivity index (χ0v) is 8.48. The van der Waals surface area contributed by atoms with Gasteiger partial charge in [0.25, 0.3) is 0 Å². The monoisotopic (exact) mass is 198 g/mol. The summed E-state index contributed by atoms with van der Waals surface area (Å²) in [7, 11) is 1.90. The molecular formula is C10H18N2O2. The lowest BCUT2D eigenvalue weighted by atomic mass is 10.2. The number of H-pyrrole nitrogens is 1. The van der Waals surface area contributed by atoms with Crippen LogP contribution in [0, 0.1) is 0 Å². The van der Waals surface area contributed by atoms with Crippen molar-refractivity contribution in [2.24, 2.45) is 0 Å². The summed E-state index contributed by atoms with van der Waals surface area (Å²) in [5.41, 5.74) is 1.17. The van der Waals surface area contributed by atoms with Crippen molar-refractivity contribution in [3.8, 4) is 0 Å². The van der Waals surface area contributed by atoms with Gasteiger partial charge in [-0.15, -0.1) is 0 Å². The number of nitrogens with zero attached hydrogens (tertiary/aromatic N) is 1. The highest BCUT2D eigenvalue weighted by Gasteiger charge is 2.11. The summed E-state index contributed by atoms with van der Waals surface area (Å²) >= 11 is 0. The normalized spacial score (nSPS) is 11.5. The smallest absolute Gasteiger partial charge is 0.0609 e. The molecule has 1 aromatic rings. The van der Waals surface area contributed by atoms with E-state index in [1.807, 2.05) is 30.3 Å². The summed E-state index contributed by atoms with van der Waals surface area (Å²) in [6.07, 6.45) is 2.80. The molecule has 0 saturated heterocycles. The molecule has 0 bridgehead atoms. The van der Waals surface area contributed by atoms with E-state index in [2.05, 4.69) is 4.98 Å². The molecule has 1 heterocycles. The minimum atomic E-state index is -0.148. The average molecular weight is 198 g/mol. The molecule has 0 spiro atoms. The van der Waals surface area contributed by atoms with Gasteiger partial charge >= 0.3 is 0 Å². The van der Waals surface area contributed by atoms with Gasteiger partial charge in [0, 0.05) is 24.9 Å². The third-order valence-electron chi connectivity index (χ3n) is 2.44. The predicted molar refractivity (Wildman–Crippen MR) is 55.1 cm³/mol. The van der Waals surface area contributed by atoms with Crippen molar-refractivity contribution in [1.82, 2.24) is 9.88 Å². The molecule has 80 valence electrons. The first-order valence-electron chi connectivity index (χ1n) is 4.82. The maximum Gasteiger partial charge on any atom is 0.0609 e. The van der Waals surface area contributed by atoms with Gasteiger partial charge in [0.15, 0.2) is 0 Å². The van der Waals surface area contributed by atoms with Gasteiger partial charge in [-0.1, -0.05) is 0 Å². The maximum absolute atomic E-state index is 8.94. The quantitative estimate of drug-likeness (QED) is 0.595.